The Labute approximate surface area is 206 Å². The minimum absolute atomic E-state index is 0.0158. The fraction of sp³-hybridized carbons (Fsp3) is 0.708. The fourth-order valence-corrected chi connectivity index (χ4v) is 7.26. The molecule has 2 aromatic rings. The number of rotatable bonds is 7. The first-order valence-electron chi connectivity index (χ1n) is 12.2. The lowest BCUT2D eigenvalue weighted by Crippen LogP contribution is -2.46. The van der Waals surface area contributed by atoms with Gasteiger partial charge in [-0.25, -0.2) is 0 Å². The van der Waals surface area contributed by atoms with Crippen molar-refractivity contribution in [2.45, 2.75) is 76.1 Å². The monoisotopic (exact) mass is 515 g/mol. The Morgan fingerprint density at radius 3 is 2.51 bits per heavy atom. The molecule has 0 bridgehead atoms. The average molecular weight is 516 g/mol. The van der Waals surface area contributed by atoms with Gasteiger partial charge < -0.3 is 20.1 Å². The predicted octanol–water partition coefficient (Wildman–Crippen LogP) is 3.04. The first-order chi connectivity index (χ1) is 16.7. The van der Waals surface area contributed by atoms with Crippen LogP contribution in [0.15, 0.2) is 12.4 Å². The van der Waals surface area contributed by atoms with E-state index in [1.54, 1.807) is 10.9 Å². The summed E-state index contributed by atoms with van der Waals surface area (Å²) in [6, 6.07) is 0. The molecule has 0 aromatic carbocycles. The third-order valence-electron chi connectivity index (χ3n) is 8.16. The lowest BCUT2D eigenvalue weighted by Gasteiger charge is -2.44. The van der Waals surface area contributed by atoms with Gasteiger partial charge in [0.1, 0.15) is 10.5 Å². The molecule has 7 nitrogen and oxygen atoms in total. The number of hydrogen-bond acceptors (Lipinski definition) is 7. The summed E-state index contributed by atoms with van der Waals surface area (Å²) in [6.45, 7) is 2.08. The molecule has 35 heavy (non-hydrogen) atoms. The topological polar surface area (TPSA) is 91.0 Å². The second-order valence-corrected chi connectivity index (χ2v) is 11.2. The standard InChI is InChI=1S/C24H32F3N3O4S/c25-24(26,27)21-18(14-31)17-2-9-34-23(20(17)35-21)5-7-29(8-6-23)11-16-10-28-30(12-16)13-19(33)22(15-32)3-1-4-22/h10,12,19,31-33H,1-9,11,13-15H2. The SMILES string of the molecule is OCc1c(C(F)(F)F)sc2c1CCOC21CCN(Cc2cnn(CC(O)C3(CO)CCC3)c2)CC1. The van der Waals surface area contributed by atoms with Crippen molar-refractivity contribution < 1.29 is 33.2 Å². The van der Waals surface area contributed by atoms with Gasteiger partial charge in [0, 0.05) is 47.3 Å². The molecular weight excluding hydrogens is 483 g/mol. The number of thiophene rings is 1. The smallest absolute Gasteiger partial charge is 0.396 e. The predicted molar refractivity (Wildman–Crippen MR) is 123 cm³/mol. The molecule has 0 amide bonds. The Hall–Kier alpha value is -1.50. The van der Waals surface area contributed by atoms with Gasteiger partial charge >= 0.3 is 6.18 Å². The lowest BCUT2D eigenvalue weighted by molar-refractivity contribution is -0.135. The molecule has 1 aliphatic carbocycles. The van der Waals surface area contributed by atoms with Crippen LogP contribution >= 0.6 is 11.3 Å². The third kappa shape index (κ3) is 4.55. The van der Waals surface area contributed by atoms with Crippen LogP contribution in [-0.2, 0) is 42.6 Å². The number of fused-ring (bicyclic) bond motifs is 2. The molecule has 194 valence electrons. The molecule has 0 radical (unpaired) electrons. The Balaban J connectivity index is 1.23. The highest BCUT2D eigenvalue weighted by atomic mass is 32.1. The van der Waals surface area contributed by atoms with E-state index in [1.807, 2.05) is 6.20 Å². The van der Waals surface area contributed by atoms with Gasteiger partial charge in [0.2, 0.25) is 0 Å². The van der Waals surface area contributed by atoms with Gasteiger partial charge in [-0.15, -0.1) is 11.3 Å². The van der Waals surface area contributed by atoms with Crippen molar-refractivity contribution in [3.05, 3.63) is 38.8 Å². The van der Waals surface area contributed by atoms with Crippen LogP contribution in [0.25, 0.3) is 0 Å². The van der Waals surface area contributed by atoms with Gasteiger partial charge in [-0.1, -0.05) is 6.42 Å². The minimum Gasteiger partial charge on any atom is -0.396 e. The number of aliphatic hydroxyl groups is 3. The molecule has 2 fully saturated rings. The van der Waals surface area contributed by atoms with Gasteiger partial charge in [-0.2, -0.15) is 18.3 Å². The van der Waals surface area contributed by atoms with Crippen molar-refractivity contribution in [3.8, 4) is 0 Å². The summed E-state index contributed by atoms with van der Waals surface area (Å²) in [5.41, 5.74) is 0.509. The van der Waals surface area contributed by atoms with E-state index in [9.17, 15) is 28.5 Å². The molecule has 2 aromatic heterocycles. The maximum absolute atomic E-state index is 13.6. The van der Waals surface area contributed by atoms with E-state index in [0.29, 0.717) is 62.5 Å². The molecule has 11 heteroatoms. The van der Waals surface area contributed by atoms with Gasteiger partial charge in [0.25, 0.3) is 0 Å². The third-order valence-corrected chi connectivity index (χ3v) is 9.67. The molecule has 1 spiro atoms. The minimum atomic E-state index is -4.48. The second kappa shape index (κ2) is 9.42. The van der Waals surface area contributed by atoms with Crippen LogP contribution in [0.4, 0.5) is 13.2 Å². The van der Waals surface area contributed by atoms with Crippen LogP contribution in [-0.4, -0.2) is 62.4 Å². The summed E-state index contributed by atoms with van der Waals surface area (Å²) in [5.74, 6) is 0. The maximum atomic E-state index is 13.6. The van der Waals surface area contributed by atoms with Crippen LogP contribution in [0.1, 0.15) is 58.5 Å². The van der Waals surface area contributed by atoms with Gasteiger partial charge in [0.05, 0.1) is 38.7 Å². The van der Waals surface area contributed by atoms with Crippen molar-refractivity contribution in [1.29, 1.82) is 0 Å². The van der Waals surface area contributed by atoms with Crippen LogP contribution in [0.5, 0.6) is 0 Å². The highest BCUT2D eigenvalue weighted by Crippen LogP contribution is 2.51. The molecule has 5 rings (SSSR count). The number of aromatic nitrogens is 2. The van der Waals surface area contributed by atoms with E-state index in [0.717, 1.165) is 36.2 Å². The zero-order valence-corrected chi connectivity index (χ0v) is 20.4. The van der Waals surface area contributed by atoms with E-state index in [2.05, 4.69) is 10.00 Å². The molecular formula is C24H32F3N3O4S. The highest BCUT2D eigenvalue weighted by Gasteiger charge is 2.47. The average Bonchev–Trinajstić information content (AvgIpc) is 3.40. The first-order valence-corrected chi connectivity index (χ1v) is 13.0. The number of piperidine rings is 1. The first kappa shape index (κ1) is 25.2. The number of halogens is 3. The number of likely N-dealkylation sites (tertiary alicyclic amines) is 1. The maximum Gasteiger partial charge on any atom is 0.425 e. The second-order valence-electron chi connectivity index (χ2n) is 10.2. The van der Waals surface area contributed by atoms with Crippen molar-refractivity contribution in [1.82, 2.24) is 14.7 Å². The molecule has 3 N–H and O–H groups in total. The van der Waals surface area contributed by atoms with Crippen molar-refractivity contribution >= 4 is 11.3 Å². The quantitative estimate of drug-likeness (QED) is 0.525. The summed E-state index contributed by atoms with van der Waals surface area (Å²) in [5, 5.41) is 34.3. The number of ether oxygens (including phenoxy) is 1. The summed E-state index contributed by atoms with van der Waals surface area (Å²) in [4.78, 5) is 2.18. The molecule has 3 aliphatic rings. The van der Waals surface area contributed by atoms with Crippen LogP contribution in [0, 0.1) is 5.41 Å². The molecule has 1 saturated carbocycles. The van der Waals surface area contributed by atoms with Gasteiger partial charge in [-0.05, 0) is 37.7 Å². The van der Waals surface area contributed by atoms with E-state index in [4.69, 9.17) is 4.74 Å². The fourth-order valence-electron chi connectivity index (χ4n) is 5.83. The summed E-state index contributed by atoms with van der Waals surface area (Å²) >= 11 is 0.740. The van der Waals surface area contributed by atoms with Gasteiger partial charge in [0.15, 0.2) is 0 Å². The lowest BCUT2D eigenvalue weighted by atomic mass is 9.65. The molecule has 1 atom stereocenters. The normalized spacial score (nSPS) is 22.7. The van der Waals surface area contributed by atoms with Crippen molar-refractivity contribution in [2.75, 3.05) is 26.3 Å². The summed E-state index contributed by atoms with van der Waals surface area (Å²) < 4.78 is 48.6. The van der Waals surface area contributed by atoms with Crippen molar-refractivity contribution in [2.24, 2.45) is 5.41 Å². The number of aliphatic hydroxyl groups excluding tert-OH is 3. The zero-order chi connectivity index (χ0) is 24.8. The zero-order valence-electron chi connectivity index (χ0n) is 19.6. The highest BCUT2D eigenvalue weighted by molar-refractivity contribution is 7.12. The molecule has 1 unspecified atom stereocenters. The molecule has 4 heterocycles. The van der Waals surface area contributed by atoms with Crippen LogP contribution in [0.2, 0.25) is 0 Å². The summed E-state index contributed by atoms with van der Waals surface area (Å²) in [6.07, 6.45) is 2.82. The molecule has 1 saturated heterocycles. The van der Waals surface area contributed by atoms with Crippen LogP contribution < -0.4 is 0 Å². The van der Waals surface area contributed by atoms with Crippen LogP contribution in [0.3, 0.4) is 0 Å². The Bertz CT molecular complexity index is 1040. The Morgan fingerprint density at radius 2 is 1.91 bits per heavy atom. The number of alkyl halides is 3. The molecule has 2 aliphatic heterocycles. The summed E-state index contributed by atoms with van der Waals surface area (Å²) in [7, 11) is 0. The largest absolute Gasteiger partial charge is 0.425 e. The van der Waals surface area contributed by atoms with E-state index in [-0.39, 0.29) is 12.2 Å². The van der Waals surface area contributed by atoms with E-state index < -0.39 is 34.8 Å². The van der Waals surface area contributed by atoms with Gasteiger partial charge in [-0.3, -0.25) is 9.58 Å². The number of nitrogens with zero attached hydrogens (tertiary/aromatic N) is 3. The van der Waals surface area contributed by atoms with E-state index >= 15 is 0 Å². The number of hydrogen-bond donors (Lipinski definition) is 3. The Kier molecular flexibility index (Phi) is 6.77. The van der Waals surface area contributed by atoms with E-state index in [1.165, 1.54) is 0 Å². The van der Waals surface area contributed by atoms with Crippen molar-refractivity contribution in [3.63, 3.8) is 0 Å². The Morgan fingerprint density at radius 1 is 1.17 bits per heavy atom.